The summed E-state index contributed by atoms with van der Waals surface area (Å²) < 4.78 is 5.08. The van der Waals surface area contributed by atoms with Crippen LogP contribution < -0.4 is 10.6 Å². The molecule has 5 nitrogen and oxygen atoms in total. The van der Waals surface area contributed by atoms with Crippen LogP contribution in [0.4, 0.5) is 4.79 Å². The van der Waals surface area contributed by atoms with Crippen LogP contribution in [0, 0.1) is 0 Å². The summed E-state index contributed by atoms with van der Waals surface area (Å²) in [6.45, 7) is 2.21. The molecule has 0 spiro atoms. The molecule has 0 aliphatic rings. The van der Waals surface area contributed by atoms with Crippen LogP contribution in [0.2, 0.25) is 0 Å². The molecule has 2 rings (SSSR count). The van der Waals surface area contributed by atoms with E-state index in [1.807, 2.05) is 60.7 Å². The molecular weight excluding hydrogens is 292 g/mol. The van der Waals surface area contributed by atoms with Gasteiger partial charge in [0.05, 0.1) is 0 Å². The Kier molecular flexibility index (Phi) is 6.17. The van der Waals surface area contributed by atoms with Crippen molar-refractivity contribution in [2.24, 2.45) is 0 Å². The molecule has 2 aromatic rings. The number of nitrogens with one attached hydrogen (secondary N) is 2. The number of rotatable bonds is 6. The van der Waals surface area contributed by atoms with Gasteiger partial charge < -0.3 is 15.4 Å². The Morgan fingerprint density at radius 2 is 1.52 bits per heavy atom. The third-order valence-corrected chi connectivity index (χ3v) is 3.25. The SMILES string of the molecule is C[C@@H](NC(=O)OCc1ccccc1)C(=O)NCc1ccccc1. The highest BCUT2D eigenvalue weighted by Crippen LogP contribution is 2.01. The number of alkyl carbamates (subject to hydrolysis) is 1. The Balaban J connectivity index is 1.71. The smallest absolute Gasteiger partial charge is 0.408 e. The number of carbonyl (C=O) groups is 2. The van der Waals surface area contributed by atoms with Gasteiger partial charge in [-0.25, -0.2) is 4.79 Å². The van der Waals surface area contributed by atoms with Crippen LogP contribution in [0.15, 0.2) is 60.7 Å². The Hall–Kier alpha value is -2.82. The highest BCUT2D eigenvalue weighted by atomic mass is 16.5. The molecule has 5 heteroatoms. The topological polar surface area (TPSA) is 67.4 Å². The lowest BCUT2D eigenvalue weighted by Crippen LogP contribution is -2.44. The molecule has 0 heterocycles. The van der Waals surface area contributed by atoms with E-state index in [-0.39, 0.29) is 12.5 Å². The molecule has 120 valence electrons. The third-order valence-electron chi connectivity index (χ3n) is 3.25. The Bertz CT molecular complexity index is 629. The molecule has 0 aromatic heterocycles. The summed E-state index contributed by atoms with van der Waals surface area (Å²) in [5, 5.41) is 5.28. The highest BCUT2D eigenvalue weighted by molar-refractivity contribution is 5.85. The molecule has 23 heavy (non-hydrogen) atoms. The van der Waals surface area contributed by atoms with Gasteiger partial charge in [-0.15, -0.1) is 0 Å². The first-order valence-corrected chi connectivity index (χ1v) is 7.44. The quantitative estimate of drug-likeness (QED) is 0.861. The van der Waals surface area contributed by atoms with Crippen LogP contribution in [-0.2, 0) is 22.7 Å². The van der Waals surface area contributed by atoms with E-state index < -0.39 is 12.1 Å². The summed E-state index contributed by atoms with van der Waals surface area (Å²) in [5.74, 6) is -0.259. The molecule has 2 N–H and O–H groups in total. The second kappa shape index (κ2) is 8.58. The van der Waals surface area contributed by atoms with Crippen LogP contribution in [-0.4, -0.2) is 18.0 Å². The van der Waals surface area contributed by atoms with E-state index in [0.717, 1.165) is 11.1 Å². The fourth-order valence-corrected chi connectivity index (χ4v) is 1.95. The summed E-state index contributed by atoms with van der Waals surface area (Å²) >= 11 is 0. The molecule has 0 saturated heterocycles. The zero-order chi connectivity index (χ0) is 16.5. The molecular formula is C18H20N2O3. The van der Waals surface area contributed by atoms with E-state index in [2.05, 4.69) is 10.6 Å². The Morgan fingerprint density at radius 3 is 2.13 bits per heavy atom. The first kappa shape index (κ1) is 16.5. The van der Waals surface area contributed by atoms with Gasteiger partial charge in [0.2, 0.25) is 5.91 Å². The van der Waals surface area contributed by atoms with Gasteiger partial charge in [-0.05, 0) is 18.1 Å². The van der Waals surface area contributed by atoms with Crippen molar-refractivity contribution in [3.63, 3.8) is 0 Å². The largest absolute Gasteiger partial charge is 0.445 e. The summed E-state index contributed by atoms with van der Waals surface area (Å²) in [4.78, 5) is 23.6. The molecule has 2 amide bonds. The second-order valence-corrected chi connectivity index (χ2v) is 5.13. The highest BCUT2D eigenvalue weighted by Gasteiger charge is 2.15. The van der Waals surface area contributed by atoms with Crippen molar-refractivity contribution in [1.82, 2.24) is 10.6 Å². The molecule has 0 fully saturated rings. The van der Waals surface area contributed by atoms with E-state index in [1.54, 1.807) is 6.92 Å². The molecule has 1 atom stereocenters. The molecule has 0 saturated carbocycles. The van der Waals surface area contributed by atoms with Gasteiger partial charge in [-0.2, -0.15) is 0 Å². The maximum Gasteiger partial charge on any atom is 0.408 e. The van der Waals surface area contributed by atoms with Crippen LogP contribution in [0.5, 0.6) is 0 Å². The molecule has 0 aliphatic heterocycles. The number of benzene rings is 2. The average Bonchev–Trinajstić information content (AvgIpc) is 2.59. The second-order valence-electron chi connectivity index (χ2n) is 5.13. The van der Waals surface area contributed by atoms with E-state index in [0.29, 0.717) is 6.54 Å². The zero-order valence-corrected chi connectivity index (χ0v) is 13.0. The maximum absolute atomic E-state index is 11.9. The van der Waals surface area contributed by atoms with Gasteiger partial charge in [-0.3, -0.25) is 4.79 Å². The van der Waals surface area contributed by atoms with Crippen molar-refractivity contribution in [2.45, 2.75) is 26.1 Å². The lowest BCUT2D eigenvalue weighted by molar-refractivity contribution is -0.122. The van der Waals surface area contributed by atoms with Crippen molar-refractivity contribution < 1.29 is 14.3 Å². The van der Waals surface area contributed by atoms with E-state index in [1.165, 1.54) is 0 Å². The number of hydrogen-bond acceptors (Lipinski definition) is 3. The Morgan fingerprint density at radius 1 is 0.957 bits per heavy atom. The minimum Gasteiger partial charge on any atom is -0.445 e. The third kappa shape index (κ3) is 5.82. The number of carbonyl (C=O) groups excluding carboxylic acids is 2. The predicted octanol–water partition coefficient (Wildman–Crippen LogP) is 2.62. The van der Waals surface area contributed by atoms with Crippen LogP contribution >= 0.6 is 0 Å². The molecule has 0 bridgehead atoms. The first-order chi connectivity index (χ1) is 11.1. The number of ether oxygens (including phenoxy) is 1. The Labute approximate surface area is 135 Å². The zero-order valence-electron chi connectivity index (χ0n) is 13.0. The minimum atomic E-state index is -0.665. The summed E-state index contributed by atoms with van der Waals surface area (Å²) in [6.07, 6.45) is -0.615. The van der Waals surface area contributed by atoms with Crippen LogP contribution in [0.3, 0.4) is 0 Å². The predicted molar refractivity (Wildman–Crippen MR) is 87.5 cm³/mol. The van der Waals surface area contributed by atoms with Crippen molar-refractivity contribution in [2.75, 3.05) is 0 Å². The standard InChI is InChI=1S/C18H20N2O3/c1-14(17(21)19-12-15-8-4-2-5-9-15)20-18(22)23-13-16-10-6-3-7-11-16/h2-11,14H,12-13H2,1H3,(H,19,21)(H,20,22)/t14-/m1/s1. The van der Waals surface area contributed by atoms with Crippen molar-refractivity contribution in [3.8, 4) is 0 Å². The normalized spacial score (nSPS) is 11.3. The van der Waals surface area contributed by atoms with E-state index >= 15 is 0 Å². The number of hydrogen-bond donors (Lipinski definition) is 2. The summed E-state index contributed by atoms with van der Waals surface area (Å²) in [7, 11) is 0. The molecule has 0 radical (unpaired) electrons. The van der Waals surface area contributed by atoms with E-state index in [9.17, 15) is 9.59 Å². The molecule has 0 unspecified atom stereocenters. The van der Waals surface area contributed by atoms with Gasteiger partial charge in [-0.1, -0.05) is 60.7 Å². The van der Waals surface area contributed by atoms with Gasteiger partial charge in [0.25, 0.3) is 0 Å². The molecule has 0 aliphatic carbocycles. The summed E-state index contributed by atoms with van der Waals surface area (Å²) in [5.41, 5.74) is 1.89. The van der Waals surface area contributed by atoms with Gasteiger partial charge in [0, 0.05) is 6.54 Å². The van der Waals surface area contributed by atoms with Crippen LogP contribution in [0.1, 0.15) is 18.1 Å². The van der Waals surface area contributed by atoms with Gasteiger partial charge in [0.15, 0.2) is 0 Å². The maximum atomic E-state index is 11.9. The number of amides is 2. The lowest BCUT2D eigenvalue weighted by Gasteiger charge is -2.14. The van der Waals surface area contributed by atoms with Crippen molar-refractivity contribution in [3.05, 3.63) is 71.8 Å². The van der Waals surface area contributed by atoms with Crippen molar-refractivity contribution >= 4 is 12.0 Å². The first-order valence-electron chi connectivity index (χ1n) is 7.44. The van der Waals surface area contributed by atoms with Crippen molar-refractivity contribution in [1.29, 1.82) is 0 Å². The molecule has 2 aromatic carbocycles. The minimum absolute atomic E-state index is 0.172. The van der Waals surface area contributed by atoms with Gasteiger partial charge in [0.1, 0.15) is 12.6 Å². The van der Waals surface area contributed by atoms with E-state index in [4.69, 9.17) is 4.74 Å². The van der Waals surface area contributed by atoms with Gasteiger partial charge >= 0.3 is 6.09 Å². The fraction of sp³-hybridized carbons (Fsp3) is 0.222. The summed E-state index contributed by atoms with van der Waals surface area (Å²) in [6, 6.07) is 18.3. The monoisotopic (exact) mass is 312 g/mol. The fourth-order valence-electron chi connectivity index (χ4n) is 1.95. The average molecular weight is 312 g/mol. The lowest BCUT2D eigenvalue weighted by atomic mass is 10.2. The van der Waals surface area contributed by atoms with Crippen LogP contribution in [0.25, 0.3) is 0 Å².